The van der Waals surface area contributed by atoms with E-state index in [-0.39, 0.29) is 18.2 Å². The van der Waals surface area contributed by atoms with Crippen molar-refractivity contribution in [2.45, 2.75) is 25.4 Å². The first-order valence-electron chi connectivity index (χ1n) is 8.10. The number of carbonyl (C=O) groups is 1. The Kier molecular flexibility index (Phi) is 5.12. The molecule has 2 aromatic rings. The molecule has 1 saturated heterocycles. The summed E-state index contributed by atoms with van der Waals surface area (Å²) in [5.74, 6) is -3.30. The molecular formula is C16H18F3N5O2. The van der Waals surface area contributed by atoms with Crippen molar-refractivity contribution in [3.63, 3.8) is 0 Å². The molecule has 0 radical (unpaired) electrons. The maximum absolute atomic E-state index is 13.3. The van der Waals surface area contributed by atoms with Crippen molar-refractivity contribution >= 4 is 11.7 Å². The summed E-state index contributed by atoms with van der Waals surface area (Å²) < 4.78 is 41.3. The Bertz CT molecular complexity index is 803. The molecule has 1 aromatic heterocycles. The molecule has 1 aromatic carbocycles. The number of anilines is 1. The van der Waals surface area contributed by atoms with Gasteiger partial charge in [-0.25, -0.2) is 18.0 Å². The number of aliphatic hydroxyl groups is 1. The molecule has 1 aliphatic rings. The van der Waals surface area contributed by atoms with E-state index in [0.29, 0.717) is 31.2 Å². The van der Waals surface area contributed by atoms with Gasteiger partial charge >= 0.3 is 6.03 Å². The third kappa shape index (κ3) is 3.50. The first-order chi connectivity index (χ1) is 12.4. The molecule has 1 atom stereocenters. The van der Waals surface area contributed by atoms with Crippen LogP contribution in [0.25, 0.3) is 0 Å². The van der Waals surface area contributed by atoms with Crippen molar-refractivity contribution in [3.05, 3.63) is 41.2 Å². The number of rotatable bonds is 3. The molecule has 1 aliphatic heterocycles. The topological polar surface area (TPSA) is 83.3 Å². The van der Waals surface area contributed by atoms with E-state index in [4.69, 9.17) is 0 Å². The third-order valence-corrected chi connectivity index (χ3v) is 4.45. The van der Waals surface area contributed by atoms with Gasteiger partial charge in [-0.05, 0) is 12.8 Å². The Morgan fingerprint density at radius 3 is 2.62 bits per heavy atom. The minimum atomic E-state index is -1.58. The Hall–Kier alpha value is -2.62. The lowest BCUT2D eigenvalue weighted by molar-refractivity contribution is 0.190. The van der Waals surface area contributed by atoms with Gasteiger partial charge in [0.2, 0.25) is 0 Å². The Morgan fingerprint density at radius 2 is 2.00 bits per heavy atom. The zero-order valence-electron chi connectivity index (χ0n) is 14.0. The van der Waals surface area contributed by atoms with E-state index in [9.17, 15) is 23.1 Å². The summed E-state index contributed by atoms with van der Waals surface area (Å²) in [5.41, 5.74) is -0.158. The number of piperidine rings is 1. The summed E-state index contributed by atoms with van der Waals surface area (Å²) in [6.45, 7) is 0.580. The highest BCUT2D eigenvalue weighted by Crippen LogP contribution is 2.26. The van der Waals surface area contributed by atoms with Crippen LogP contribution in [0.5, 0.6) is 0 Å². The molecule has 2 amide bonds. The van der Waals surface area contributed by atoms with Gasteiger partial charge in [0.1, 0.15) is 12.4 Å². The molecule has 2 heterocycles. The van der Waals surface area contributed by atoms with Gasteiger partial charge in [-0.3, -0.25) is 0 Å². The quantitative estimate of drug-likeness (QED) is 0.812. The molecule has 10 heteroatoms. The zero-order chi connectivity index (χ0) is 18.8. The summed E-state index contributed by atoms with van der Waals surface area (Å²) >= 11 is 0. The van der Waals surface area contributed by atoms with Gasteiger partial charge in [0.05, 0.1) is 0 Å². The Morgan fingerprint density at radius 1 is 1.31 bits per heavy atom. The fourth-order valence-electron chi connectivity index (χ4n) is 3.07. The third-order valence-electron chi connectivity index (χ3n) is 4.45. The number of carbonyl (C=O) groups excluding carboxylic acids is 1. The van der Waals surface area contributed by atoms with Crippen LogP contribution in [0.4, 0.5) is 23.7 Å². The second-order valence-corrected chi connectivity index (χ2v) is 6.16. The first kappa shape index (κ1) is 18.2. The minimum Gasteiger partial charge on any atom is -0.388 e. The van der Waals surface area contributed by atoms with Gasteiger partial charge in [-0.1, -0.05) is 0 Å². The number of halogens is 3. The van der Waals surface area contributed by atoms with Gasteiger partial charge in [0, 0.05) is 43.9 Å². The zero-order valence-corrected chi connectivity index (χ0v) is 14.0. The fraction of sp³-hybridized carbons (Fsp3) is 0.438. The molecule has 1 fully saturated rings. The number of nitrogens with one attached hydrogen (secondary N) is 1. The van der Waals surface area contributed by atoms with Gasteiger partial charge < -0.3 is 19.9 Å². The molecule has 0 aliphatic carbocycles. The predicted molar refractivity (Wildman–Crippen MR) is 85.8 cm³/mol. The van der Waals surface area contributed by atoms with Crippen molar-refractivity contribution in [3.8, 4) is 0 Å². The van der Waals surface area contributed by atoms with Crippen LogP contribution in [0.2, 0.25) is 0 Å². The molecule has 2 N–H and O–H groups in total. The van der Waals surface area contributed by atoms with Crippen LogP contribution in [0.15, 0.2) is 12.1 Å². The standard InChI is InChI=1S/C16H18F3N5O2/c1-23-13(8-25)21-22-15(23)9-3-2-4-24(7-9)16(26)20-10-5-11(17)14(19)12(18)6-10/h5-6,9,25H,2-4,7-8H2,1H3,(H,20,26). The Balaban J connectivity index is 1.71. The van der Waals surface area contributed by atoms with Gasteiger partial charge in [-0.2, -0.15) is 0 Å². The van der Waals surface area contributed by atoms with Crippen LogP contribution in [0.3, 0.4) is 0 Å². The predicted octanol–water partition coefficient (Wildman–Crippen LogP) is 2.14. The lowest BCUT2D eigenvalue weighted by atomic mass is 9.97. The molecule has 1 unspecified atom stereocenters. The molecule has 0 saturated carbocycles. The lowest BCUT2D eigenvalue weighted by Gasteiger charge is -2.32. The summed E-state index contributed by atoms with van der Waals surface area (Å²) in [4.78, 5) is 13.9. The average Bonchev–Trinajstić information content (AvgIpc) is 3.00. The van der Waals surface area contributed by atoms with E-state index in [0.717, 1.165) is 18.6 Å². The second kappa shape index (κ2) is 7.32. The molecule has 0 spiro atoms. The number of urea groups is 1. The number of nitrogens with zero attached hydrogens (tertiary/aromatic N) is 4. The SMILES string of the molecule is Cn1c(CO)nnc1C1CCCN(C(=O)Nc2cc(F)c(F)c(F)c2)C1. The van der Waals surface area contributed by atoms with E-state index >= 15 is 0 Å². The van der Waals surface area contributed by atoms with Crippen molar-refractivity contribution in [1.29, 1.82) is 0 Å². The highest BCUT2D eigenvalue weighted by molar-refractivity contribution is 5.89. The average molecular weight is 369 g/mol. The number of hydrogen-bond acceptors (Lipinski definition) is 4. The maximum Gasteiger partial charge on any atom is 0.321 e. The van der Waals surface area contributed by atoms with Crippen molar-refractivity contribution in [1.82, 2.24) is 19.7 Å². The number of aromatic nitrogens is 3. The van der Waals surface area contributed by atoms with Crippen LogP contribution in [0.1, 0.15) is 30.4 Å². The number of hydrogen-bond donors (Lipinski definition) is 2. The van der Waals surface area contributed by atoms with Crippen molar-refractivity contribution < 1.29 is 23.1 Å². The van der Waals surface area contributed by atoms with E-state index in [2.05, 4.69) is 15.5 Å². The summed E-state index contributed by atoms with van der Waals surface area (Å²) in [7, 11) is 1.74. The lowest BCUT2D eigenvalue weighted by Crippen LogP contribution is -2.42. The molecule has 0 bridgehead atoms. The normalized spacial score (nSPS) is 17.4. The minimum absolute atomic E-state index is 0.0750. The summed E-state index contributed by atoms with van der Waals surface area (Å²) in [6.07, 6.45) is 1.51. The number of likely N-dealkylation sites (tertiary alicyclic amines) is 1. The van der Waals surface area contributed by atoms with E-state index in [1.54, 1.807) is 11.6 Å². The van der Waals surface area contributed by atoms with Crippen LogP contribution >= 0.6 is 0 Å². The molecule has 140 valence electrons. The van der Waals surface area contributed by atoms with Crippen LogP contribution < -0.4 is 5.32 Å². The summed E-state index contributed by atoms with van der Waals surface area (Å²) in [5, 5.41) is 19.6. The van der Waals surface area contributed by atoms with Crippen molar-refractivity contribution in [2.75, 3.05) is 18.4 Å². The van der Waals surface area contributed by atoms with Crippen molar-refractivity contribution in [2.24, 2.45) is 7.05 Å². The van der Waals surface area contributed by atoms with E-state index in [1.165, 1.54) is 4.90 Å². The summed E-state index contributed by atoms with van der Waals surface area (Å²) in [6, 6.07) is 0.923. The monoisotopic (exact) mass is 369 g/mol. The van der Waals surface area contributed by atoms with Gasteiger partial charge in [0.25, 0.3) is 0 Å². The Labute approximate surface area is 147 Å². The second-order valence-electron chi connectivity index (χ2n) is 6.16. The van der Waals surface area contributed by atoms with Crippen LogP contribution in [-0.4, -0.2) is 43.9 Å². The highest BCUT2D eigenvalue weighted by atomic mass is 19.2. The molecule has 26 heavy (non-hydrogen) atoms. The van der Waals surface area contributed by atoms with Gasteiger partial charge in [-0.15, -0.1) is 10.2 Å². The molecular weight excluding hydrogens is 351 g/mol. The van der Waals surface area contributed by atoms with Crippen LogP contribution in [0, 0.1) is 17.5 Å². The van der Waals surface area contributed by atoms with Crippen LogP contribution in [-0.2, 0) is 13.7 Å². The molecule has 3 rings (SSSR count). The smallest absolute Gasteiger partial charge is 0.321 e. The fourth-order valence-corrected chi connectivity index (χ4v) is 3.07. The van der Waals surface area contributed by atoms with E-state index < -0.39 is 23.5 Å². The maximum atomic E-state index is 13.3. The highest BCUT2D eigenvalue weighted by Gasteiger charge is 2.28. The number of benzene rings is 1. The first-order valence-corrected chi connectivity index (χ1v) is 8.10. The van der Waals surface area contributed by atoms with E-state index in [1.807, 2.05) is 0 Å². The van der Waals surface area contributed by atoms with Gasteiger partial charge in [0.15, 0.2) is 23.3 Å². The molecule has 7 nitrogen and oxygen atoms in total. The number of aliphatic hydroxyl groups excluding tert-OH is 1. The number of amides is 2. The largest absolute Gasteiger partial charge is 0.388 e.